The van der Waals surface area contributed by atoms with Crippen molar-refractivity contribution in [2.24, 2.45) is 11.5 Å². The first kappa shape index (κ1) is 102. The summed E-state index contributed by atoms with van der Waals surface area (Å²) in [6, 6.07) is -3.37. The van der Waals surface area contributed by atoms with Gasteiger partial charge in [-0.05, 0) is 86.9 Å². The van der Waals surface area contributed by atoms with E-state index in [1.54, 1.807) is 60.9 Å². The van der Waals surface area contributed by atoms with Crippen LogP contribution in [-0.2, 0) is 112 Å². The van der Waals surface area contributed by atoms with E-state index in [1.807, 2.05) is 13.8 Å². The number of amides is 17. The third-order valence-corrected chi connectivity index (χ3v) is 23.8. The summed E-state index contributed by atoms with van der Waals surface area (Å²) < 4.78 is 0. The number of imidazole rings is 1. The molecular weight excluding hydrogens is 1720 g/mol. The van der Waals surface area contributed by atoms with Gasteiger partial charge in [0.2, 0.25) is 100 Å². The van der Waals surface area contributed by atoms with Gasteiger partial charge in [-0.25, -0.2) is 4.98 Å². The molecule has 132 heavy (non-hydrogen) atoms. The number of carboxylic acids is 1. The maximum atomic E-state index is 15.6. The number of carbonyl (C=O) groups excluding carboxylic acids is 17. The zero-order valence-corrected chi connectivity index (χ0v) is 74.6. The predicted octanol–water partition coefficient (Wildman–Crippen LogP) is -4.11. The molecule has 0 bridgehead atoms. The monoisotopic (exact) mass is 1840 g/mol. The zero-order valence-electron chi connectivity index (χ0n) is 74.6. The second-order valence-corrected chi connectivity index (χ2v) is 33.4. The minimum absolute atomic E-state index is 0.00303. The molecular formula is C88H120N22O22. The van der Waals surface area contributed by atoms with Crippen LogP contribution < -0.4 is 70.0 Å². The Morgan fingerprint density at radius 2 is 1.08 bits per heavy atom. The van der Waals surface area contributed by atoms with Gasteiger partial charge in [-0.3, -0.25) is 86.3 Å². The molecule has 3 fully saturated rings. The number of nitrogens with zero attached hydrogens (tertiary/aromatic N) is 6. The molecule has 9 rings (SSSR count). The van der Waals surface area contributed by atoms with Crippen molar-refractivity contribution < 1.29 is 107 Å². The van der Waals surface area contributed by atoms with Crippen LogP contribution in [0, 0.1) is 0 Å². The van der Waals surface area contributed by atoms with E-state index in [1.165, 1.54) is 71.8 Å². The van der Waals surface area contributed by atoms with Crippen LogP contribution in [-0.4, -0.2) is 322 Å². The Balaban J connectivity index is 1.09. The van der Waals surface area contributed by atoms with E-state index in [4.69, 9.17) is 11.5 Å². The molecule has 1 unspecified atom stereocenters. The number of unbranched alkanes of at least 4 members (excludes halogenated alkanes) is 3. The lowest BCUT2D eigenvalue weighted by Crippen LogP contribution is -2.61. The molecule has 714 valence electrons. The Morgan fingerprint density at radius 3 is 1.69 bits per heavy atom. The zero-order chi connectivity index (χ0) is 96.3. The average molecular weight is 1840 g/mol. The van der Waals surface area contributed by atoms with Crippen LogP contribution in [0.2, 0.25) is 0 Å². The lowest BCUT2D eigenvalue weighted by molar-refractivity contribution is -0.149. The van der Waals surface area contributed by atoms with E-state index in [0.29, 0.717) is 70.6 Å². The van der Waals surface area contributed by atoms with Crippen molar-refractivity contribution in [3.05, 3.63) is 120 Å². The number of nitrogens with two attached hydrogens (primary N) is 2. The number of H-pyrrole nitrogens is 3. The number of carbonyl (C=O) groups is 18. The first-order valence-electron chi connectivity index (χ1n) is 43.9. The number of rotatable bonds is 24. The number of aromatic amines is 3. The van der Waals surface area contributed by atoms with E-state index < -0.39 is 262 Å². The van der Waals surface area contributed by atoms with Crippen LogP contribution in [0.1, 0.15) is 134 Å². The van der Waals surface area contributed by atoms with Crippen molar-refractivity contribution in [2.45, 2.75) is 228 Å². The summed E-state index contributed by atoms with van der Waals surface area (Å²) in [6.07, 6.45) is 2.73. The fourth-order valence-corrected chi connectivity index (χ4v) is 16.2. The maximum Gasteiger partial charge on any atom is 0.305 e. The fraction of sp³-hybridized carbons (Fsp3) is 0.511. The lowest BCUT2D eigenvalue weighted by atomic mass is 10.00. The van der Waals surface area contributed by atoms with Gasteiger partial charge in [-0.15, -0.1) is 0 Å². The number of carboxylic acid groups (broad SMARTS) is 1. The predicted molar refractivity (Wildman–Crippen MR) is 474 cm³/mol. The number of aliphatic hydroxyl groups excluding tert-OH is 2. The maximum absolute atomic E-state index is 15.6. The van der Waals surface area contributed by atoms with Gasteiger partial charge in [0.15, 0.2) is 0 Å². The fourth-order valence-electron chi connectivity index (χ4n) is 16.2. The minimum atomic E-state index is -1.94. The molecule has 44 nitrogen and oxygen atoms in total. The molecule has 0 aliphatic carbocycles. The highest BCUT2D eigenvalue weighted by Crippen LogP contribution is 2.28. The molecule has 3 aromatic heterocycles. The SMILES string of the molecule is CCCCC[C@H]1C(=O)N[C@@H](C)C(=O)N[C@H](C(=O)NCC(N)=O)CNCC(=O)N[C@@H](Cc2ccc(O)cc2)C(=O)N(C)[C@@H](C)C(=O)NC(CC(=O)O)C(=O)N2CCC[C@H]2C(=O)N[C@@H](Cc2cnc[nH]2)C(=O)N[C@@H](CCC(N)=O)C(=O)N2C[C@H](O)C[C@H]2C(=O)N[C@@H](Cc2c[nH]c3ccccc23)C(=O)N[C@@H](CO)C(=O)N[C@@H](Cc2c[nH]c3ccccc23)C(=O)N(C)[C@@H](CCCC)C(=O)N1C. The number of aliphatic carboxylic acids is 1. The number of aromatic nitrogens is 4. The third kappa shape index (κ3) is 27.6. The molecule has 0 saturated carbocycles. The highest BCUT2D eigenvalue weighted by atomic mass is 16.4. The first-order chi connectivity index (χ1) is 62.9. The van der Waals surface area contributed by atoms with E-state index in [-0.39, 0.29) is 62.9 Å². The highest BCUT2D eigenvalue weighted by molar-refractivity contribution is 6.02. The smallest absolute Gasteiger partial charge is 0.305 e. The van der Waals surface area contributed by atoms with E-state index >= 15 is 33.6 Å². The number of para-hydroxylation sites is 2. The van der Waals surface area contributed by atoms with Crippen LogP contribution in [0.25, 0.3) is 21.8 Å². The van der Waals surface area contributed by atoms with Gasteiger partial charge in [0.1, 0.15) is 90.3 Å². The molecule has 22 N–H and O–H groups in total. The molecule has 3 aliphatic heterocycles. The van der Waals surface area contributed by atoms with Crippen molar-refractivity contribution in [1.29, 1.82) is 0 Å². The molecule has 3 aromatic carbocycles. The molecule has 0 spiro atoms. The average Bonchev–Trinajstić information content (AvgIpc) is 1.80. The van der Waals surface area contributed by atoms with Gasteiger partial charge >= 0.3 is 5.97 Å². The van der Waals surface area contributed by atoms with Crippen molar-refractivity contribution >= 4 is 128 Å². The normalized spacial score (nSPS) is 25.0. The molecule has 15 atom stereocenters. The Bertz CT molecular complexity index is 5140. The minimum Gasteiger partial charge on any atom is -0.508 e. The number of fused-ring (bicyclic) bond motifs is 4. The number of hydrogen-bond acceptors (Lipinski definition) is 23. The Morgan fingerprint density at radius 1 is 0.530 bits per heavy atom. The number of aromatic hydroxyl groups is 1. The summed E-state index contributed by atoms with van der Waals surface area (Å²) in [5, 5.41) is 72.5. The number of aliphatic hydroxyl groups is 2. The van der Waals surface area contributed by atoms with Crippen LogP contribution in [0.4, 0.5) is 0 Å². The van der Waals surface area contributed by atoms with Crippen LogP contribution in [0.3, 0.4) is 0 Å². The van der Waals surface area contributed by atoms with Crippen molar-refractivity contribution in [3.63, 3.8) is 0 Å². The van der Waals surface area contributed by atoms with Gasteiger partial charge in [-0.1, -0.05) is 94.5 Å². The summed E-state index contributed by atoms with van der Waals surface area (Å²) >= 11 is 0. The highest BCUT2D eigenvalue weighted by Gasteiger charge is 2.47. The molecule has 0 radical (unpaired) electrons. The van der Waals surface area contributed by atoms with Crippen molar-refractivity contribution in [1.82, 2.24) is 103 Å². The molecule has 3 saturated heterocycles. The van der Waals surface area contributed by atoms with Gasteiger partial charge in [0.05, 0.1) is 38.5 Å². The summed E-state index contributed by atoms with van der Waals surface area (Å²) in [6.45, 7) is 2.31. The van der Waals surface area contributed by atoms with Gasteiger partial charge in [0, 0.05) is 125 Å². The quantitative estimate of drug-likeness (QED) is 0.0256. The first-order valence-corrected chi connectivity index (χ1v) is 43.9. The third-order valence-electron chi connectivity index (χ3n) is 23.8. The number of nitrogens with one attached hydrogen (secondary N) is 14. The van der Waals surface area contributed by atoms with E-state index in [0.717, 1.165) is 24.5 Å². The molecule has 44 heteroatoms. The number of hydrogen-bond donors (Lipinski definition) is 20. The van der Waals surface area contributed by atoms with Crippen molar-refractivity contribution in [2.75, 3.05) is 60.5 Å². The Hall–Kier alpha value is -13.9. The number of phenolic OH excluding ortho intramolecular Hbond substituents is 1. The van der Waals surface area contributed by atoms with E-state index in [2.05, 4.69) is 78.4 Å². The van der Waals surface area contributed by atoms with E-state index in [9.17, 15) is 73.2 Å². The number of benzene rings is 3. The van der Waals surface area contributed by atoms with Gasteiger partial charge in [0.25, 0.3) is 0 Å². The number of likely N-dealkylation sites (N-methyl/N-ethyl adjacent to an activating group) is 3. The molecule has 3 aliphatic rings. The second-order valence-electron chi connectivity index (χ2n) is 33.4. The van der Waals surface area contributed by atoms with Crippen LogP contribution >= 0.6 is 0 Å². The van der Waals surface area contributed by atoms with Gasteiger partial charge in [-0.2, -0.15) is 0 Å². The number of phenols is 1. The number of primary amides is 2. The second kappa shape index (κ2) is 48.1. The Labute approximate surface area is 759 Å². The van der Waals surface area contributed by atoms with Crippen LogP contribution in [0.15, 0.2) is 97.7 Å². The molecule has 6 aromatic rings. The molecule has 6 heterocycles. The topological polar surface area (TPSA) is 649 Å². The lowest BCUT2D eigenvalue weighted by Gasteiger charge is -2.36. The Kier molecular flexibility index (Phi) is 37.1. The summed E-state index contributed by atoms with van der Waals surface area (Å²) in [5.74, 6) is -18.7. The summed E-state index contributed by atoms with van der Waals surface area (Å²) in [4.78, 5) is 278. The largest absolute Gasteiger partial charge is 0.508 e. The molecule has 17 amide bonds. The van der Waals surface area contributed by atoms with Crippen LogP contribution in [0.5, 0.6) is 5.75 Å². The summed E-state index contributed by atoms with van der Waals surface area (Å²) in [7, 11) is 3.85. The van der Waals surface area contributed by atoms with Crippen molar-refractivity contribution in [3.8, 4) is 5.75 Å². The standard InChI is InChI=1S/C88H120N22O22/c1-8-10-12-23-67-81(125)97-47(3)75(119)104-65(77(121)95-42-72(90)115)41-91-43-73(116)98-62(32-49-25-27-53(112)28-26-49)84(128)106(5)48(4)76(120)102-64(37-74(117)118)87(131)109-31-17-24-68(109)82(126)101-61(35-52-40-92-46-96-52)79(123)99-59(29-30-71(89)114)86(130)110-44-54(113)36-70(110)83(127)100-60(33-50-38-93-57-20-15-13-18-55(50)57)78(122)105-66(45-111)80(124)103-63(34-51-39-94-58-21-16-14-19-56(51)58)85(129)108(7)69(22-11-9-2)88(132)107(67)6/h13-16,18-21,25-28,38-40,46-48,54,59-70,91,93-94,111-113H,8-12,17,22-24,29-37,41-45H2,1-7H3,(H2,89,114)(H2,90,115)(H,92,96)(H,95,121)(H,97,125)(H,98,116)(H,99,123)(H,100,127)(H,101,126)(H,102,120)(H,103,124)(H,104,119)(H,105,122)(H,117,118)/t47-,48-,54+,59-,60-,61-,62-,63-,64?,65-,66-,67-,68-,69-,70-/m0/s1. The summed E-state index contributed by atoms with van der Waals surface area (Å²) in [5.41, 5.74) is 13.8. The van der Waals surface area contributed by atoms with Gasteiger partial charge < -0.3 is 130 Å².